The van der Waals surface area contributed by atoms with Gasteiger partial charge in [0, 0.05) is 37.2 Å². The maximum Gasteiger partial charge on any atom is 0.300 e. The van der Waals surface area contributed by atoms with Crippen molar-refractivity contribution in [2.75, 3.05) is 23.9 Å². The van der Waals surface area contributed by atoms with Crippen molar-refractivity contribution in [1.29, 1.82) is 0 Å². The van der Waals surface area contributed by atoms with Gasteiger partial charge in [0.15, 0.2) is 0 Å². The number of aliphatic hydroxyl groups is 1. The molecule has 1 amide bonds. The molecule has 2 heterocycles. The van der Waals surface area contributed by atoms with Crippen LogP contribution in [0.1, 0.15) is 36.7 Å². The van der Waals surface area contributed by atoms with Crippen molar-refractivity contribution in [2.45, 2.75) is 32.9 Å². The summed E-state index contributed by atoms with van der Waals surface area (Å²) in [7, 11) is 3.85. The molecule has 0 aliphatic carbocycles. The summed E-state index contributed by atoms with van der Waals surface area (Å²) in [5, 5.41) is 11.3. The molecule has 0 saturated carbocycles. The van der Waals surface area contributed by atoms with E-state index in [1.807, 2.05) is 51.9 Å². The van der Waals surface area contributed by atoms with Gasteiger partial charge in [-0.2, -0.15) is 0 Å². The fourth-order valence-corrected chi connectivity index (χ4v) is 4.17. The maximum atomic E-state index is 13.3. The molecule has 35 heavy (non-hydrogen) atoms. The van der Waals surface area contributed by atoms with Crippen molar-refractivity contribution in [3.05, 3.63) is 89.3 Å². The van der Waals surface area contributed by atoms with Crippen molar-refractivity contribution in [2.24, 2.45) is 0 Å². The minimum atomic E-state index is -0.867. The fourth-order valence-electron chi connectivity index (χ4n) is 4.17. The summed E-state index contributed by atoms with van der Waals surface area (Å²) in [5.41, 5.74) is 3.23. The number of hydrogen-bond acceptors (Lipinski definition) is 6. The van der Waals surface area contributed by atoms with Crippen molar-refractivity contribution >= 4 is 28.8 Å². The molecule has 0 spiro atoms. The van der Waals surface area contributed by atoms with Crippen molar-refractivity contribution in [1.82, 2.24) is 4.98 Å². The molecular formula is C28H29N3O4. The van der Waals surface area contributed by atoms with Crippen molar-refractivity contribution in [3.8, 4) is 5.75 Å². The number of aromatic nitrogens is 1. The van der Waals surface area contributed by atoms with Crippen LogP contribution in [-0.2, 0) is 9.59 Å². The smallest absolute Gasteiger partial charge is 0.300 e. The Morgan fingerprint density at radius 3 is 2.34 bits per heavy atom. The van der Waals surface area contributed by atoms with E-state index in [-0.39, 0.29) is 17.4 Å². The van der Waals surface area contributed by atoms with Gasteiger partial charge in [-0.3, -0.25) is 19.5 Å². The van der Waals surface area contributed by atoms with Gasteiger partial charge in [-0.1, -0.05) is 6.07 Å². The second-order valence-electron chi connectivity index (χ2n) is 8.98. The van der Waals surface area contributed by atoms with E-state index in [1.54, 1.807) is 54.7 Å². The van der Waals surface area contributed by atoms with E-state index in [0.717, 1.165) is 11.3 Å². The van der Waals surface area contributed by atoms with Crippen LogP contribution in [0.2, 0.25) is 0 Å². The summed E-state index contributed by atoms with van der Waals surface area (Å²) in [6.45, 7) is 5.75. The Morgan fingerprint density at radius 1 is 1.06 bits per heavy atom. The number of Topliss-reactive ketones (excluding diaryl/α,β-unsaturated/α-hetero) is 1. The van der Waals surface area contributed by atoms with Gasteiger partial charge >= 0.3 is 0 Å². The first-order valence-corrected chi connectivity index (χ1v) is 11.5. The lowest BCUT2D eigenvalue weighted by atomic mass is 9.97. The van der Waals surface area contributed by atoms with Crippen LogP contribution in [0.15, 0.2) is 72.4 Å². The third-order valence-corrected chi connectivity index (χ3v) is 5.87. The molecule has 1 atom stereocenters. The largest absolute Gasteiger partial charge is 0.507 e. The fraction of sp³-hybridized carbons (Fsp3) is 0.250. The summed E-state index contributed by atoms with van der Waals surface area (Å²) >= 11 is 0. The lowest BCUT2D eigenvalue weighted by molar-refractivity contribution is -0.132. The van der Waals surface area contributed by atoms with Gasteiger partial charge in [-0.15, -0.1) is 0 Å². The zero-order valence-electron chi connectivity index (χ0n) is 20.5. The number of ether oxygens (including phenoxy) is 1. The van der Waals surface area contributed by atoms with E-state index in [2.05, 4.69) is 4.98 Å². The normalized spacial score (nSPS) is 17.2. The number of carbonyl (C=O) groups is 2. The molecule has 1 unspecified atom stereocenters. The molecule has 7 heteroatoms. The minimum Gasteiger partial charge on any atom is -0.507 e. The predicted octanol–water partition coefficient (Wildman–Crippen LogP) is 4.87. The van der Waals surface area contributed by atoms with Gasteiger partial charge < -0.3 is 14.7 Å². The van der Waals surface area contributed by atoms with E-state index >= 15 is 0 Å². The number of benzene rings is 2. The van der Waals surface area contributed by atoms with Gasteiger partial charge in [-0.05, 0) is 80.9 Å². The molecule has 0 bridgehead atoms. The third-order valence-electron chi connectivity index (χ3n) is 5.87. The molecule has 1 aromatic heterocycles. The van der Waals surface area contributed by atoms with Gasteiger partial charge in [0.2, 0.25) is 0 Å². The molecule has 2 aromatic carbocycles. The highest BCUT2D eigenvalue weighted by Crippen LogP contribution is 2.42. The maximum absolute atomic E-state index is 13.3. The Kier molecular flexibility index (Phi) is 6.60. The second-order valence-corrected chi connectivity index (χ2v) is 8.98. The molecule has 7 nitrogen and oxygen atoms in total. The lowest BCUT2D eigenvalue weighted by Crippen LogP contribution is -2.29. The third kappa shape index (κ3) is 4.62. The van der Waals surface area contributed by atoms with Gasteiger partial charge in [0.25, 0.3) is 11.7 Å². The molecule has 180 valence electrons. The zero-order chi connectivity index (χ0) is 25.3. The van der Waals surface area contributed by atoms with Crippen LogP contribution in [0.5, 0.6) is 5.75 Å². The van der Waals surface area contributed by atoms with E-state index in [0.29, 0.717) is 22.7 Å². The first-order valence-electron chi connectivity index (χ1n) is 11.5. The summed E-state index contributed by atoms with van der Waals surface area (Å²) in [4.78, 5) is 34.3. The number of amides is 1. The Morgan fingerprint density at radius 2 is 1.77 bits per heavy atom. The Labute approximate surface area is 205 Å². The standard InChI is InChI=1S/C28H29N3O4/c1-17(2)35-23-14-9-19(16-18(23)3)26(32)24-25(22-8-6-7-15-29-22)31(28(34)27(24)33)21-12-10-20(11-13-21)30(4)5/h6-17,25,32H,1-5H3/b26-24-. The molecule has 0 radical (unpaired) electrons. The summed E-state index contributed by atoms with van der Waals surface area (Å²) in [5.74, 6) is -1.02. The summed E-state index contributed by atoms with van der Waals surface area (Å²) < 4.78 is 5.79. The number of aryl methyl sites for hydroxylation is 1. The SMILES string of the molecule is Cc1cc(/C(O)=C2/C(=O)C(=O)N(c3ccc(N(C)C)cc3)C2c2ccccn2)ccc1OC(C)C. The molecule has 4 rings (SSSR count). The molecule has 1 N–H and O–H groups in total. The first kappa shape index (κ1) is 24.0. The molecule has 1 saturated heterocycles. The van der Waals surface area contributed by atoms with E-state index in [9.17, 15) is 14.7 Å². The van der Waals surface area contributed by atoms with Gasteiger partial charge in [0.05, 0.1) is 17.4 Å². The Hall–Kier alpha value is -4.13. The number of pyridine rings is 1. The Balaban J connectivity index is 1.85. The average molecular weight is 472 g/mol. The number of rotatable bonds is 6. The monoisotopic (exact) mass is 471 g/mol. The molecule has 1 aliphatic heterocycles. The highest BCUT2D eigenvalue weighted by molar-refractivity contribution is 6.51. The van der Waals surface area contributed by atoms with Gasteiger partial charge in [-0.25, -0.2) is 0 Å². The van der Waals surface area contributed by atoms with Crippen LogP contribution in [0, 0.1) is 6.92 Å². The minimum absolute atomic E-state index is 0.00140. The zero-order valence-corrected chi connectivity index (χ0v) is 20.5. The Bertz CT molecular complexity index is 1280. The number of ketones is 1. The molecule has 1 fully saturated rings. The summed E-state index contributed by atoms with van der Waals surface area (Å²) in [6, 6.07) is 17.0. The van der Waals surface area contributed by atoms with Crippen molar-refractivity contribution in [3.63, 3.8) is 0 Å². The second kappa shape index (κ2) is 9.62. The summed E-state index contributed by atoms with van der Waals surface area (Å²) in [6.07, 6.45) is 1.61. The molecule has 1 aliphatic rings. The topological polar surface area (TPSA) is 83.0 Å². The van der Waals surface area contributed by atoms with E-state index < -0.39 is 17.7 Å². The van der Waals surface area contributed by atoms with Crippen LogP contribution in [0.4, 0.5) is 11.4 Å². The van der Waals surface area contributed by atoms with E-state index in [4.69, 9.17) is 4.74 Å². The van der Waals surface area contributed by atoms with Crippen molar-refractivity contribution < 1.29 is 19.4 Å². The van der Waals surface area contributed by atoms with Crippen LogP contribution in [0.3, 0.4) is 0 Å². The number of hydrogen-bond donors (Lipinski definition) is 1. The van der Waals surface area contributed by atoms with E-state index in [1.165, 1.54) is 4.90 Å². The quantitative estimate of drug-likeness (QED) is 0.314. The number of nitrogens with zero attached hydrogens (tertiary/aromatic N) is 3. The number of carbonyl (C=O) groups excluding carboxylic acids is 2. The van der Waals surface area contributed by atoms with Crippen LogP contribution < -0.4 is 14.5 Å². The van der Waals surface area contributed by atoms with Crippen LogP contribution in [-0.4, -0.2) is 42.0 Å². The highest BCUT2D eigenvalue weighted by atomic mass is 16.5. The van der Waals surface area contributed by atoms with Crippen LogP contribution >= 0.6 is 0 Å². The average Bonchev–Trinajstić information content (AvgIpc) is 3.10. The highest BCUT2D eigenvalue weighted by Gasteiger charge is 2.47. The van der Waals surface area contributed by atoms with Crippen LogP contribution in [0.25, 0.3) is 5.76 Å². The molecule has 3 aromatic rings. The molecular weight excluding hydrogens is 442 g/mol. The number of aliphatic hydroxyl groups excluding tert-OH is 1. The first-order chi connectivity index (χ1) is 16.7. The predicted molar refractivity (Wildman–Crippen MR) is 137 cm³/mol. The number of anilines is 2. The lowest BCUT2D eigenvalue weighted by Gasteiger charge is -2.25. The van der Waals surface area contributed by atoms with Gasteiger partial charge in [0.1, 0.15) is 17.6 Å².